The summed E-state index contributed by atoms with van der Waals surface area (Å²) in [5.41, 5.74) is 3.34. The third-order valence-electron chi connectivity index (χ3n) is 4.65. The molecule has 0 radical (unpaired) electrons. The van der Waals surface area contributed by atoms with Gasteiger partial charge in [-0.15, -0.1) is 0 Å². The van der Waals surface area contributed by atoms with Crippen molar-refractivity contribution in [2.75, 3.05) is 13.9 Å². The van der Waals surface area contributed by atoms with Gasteiger partial charge in [-0.05, 0) is 41.0 Å². The van der Waals surface area contributed by atoms with Crippen LogP contribution in [0.5, 0.6) is 23.0 Å². The predicted octanol–water partition coefficient (Wildman–Crippen LogP) is 5.06. The fourth-order valence-electron chi connectivity index (χ4n) is 3.11. The summed E-state index contributed by atoms with van der Waals surface area (Å²) in [6.45, 7) is 2.19. The summed E-state index contributed by atoms with van der Waals surface area (Å²) in [4.78, 5) is 0. The van der Waals surface area contributed by atoms with Crippen LogP contribution in [-0.2, 0) is 19.7 Å². The monoisotopic (exact) mass is 455 g/mol. The Morgan fingerprint density at radius 3 is 2.55 bits per heavy atom. The zero-order valence-corrected chi connectivity index (χ0v) is 17.7. The van der Waals surface area contributed by atoms with Gasteiger partial charge < -0.3 is 24.3 Å². The van der Waals surface area contributed by atoms with E-state index in [1.54, 1.807) is 7.11 Å². The van der Waals surface area contributed by atoms with Crippen molar-refractivity contribution >= 4 is 15.9 Å². The summed E-state index contributed by atoms with van der Waals surface area (Å²) in [7, 11) is 1.66. The molecule has 0 bridgehead atoms. The lowest BCUT2D eigenvalue weighted by Crippen LogP contribution is -2.13. The highest BCUT2D eigenvalue weighted by molar-refractivity contribution is 9.10. The van der Waals surface area contributed by atoms with Crippen molar-refractivity contribution in [3.8, 4) is 23.0 Å². The molecule has 4 rings (SSSR count). The summed E-state index contributed by atoms with van der Waals surface area (Å²) in [6, 6.07) is 20.0. The number of hydrogen-bond acceptors (Lipinski definition) is 5. The lowest BCUT2D eigenvalue weighted by molar-refractivity contribution is 0.174. The van der Waals surface area contributed by atoms with Crippen LogP contribution in [0.15, 0.2) is 65.1 Å². The fraction of sp³-hybridized carbons (Fsp3) is 0.217. The van der Waals surface area contributed by atoms with Crippen molar-refractivity contribution in [1.82, 2.24) is 5.32 Å². The van der Waals surface area contributed by atoms with Gasteiger partial charge in [0.2, 0.25) is 6.79 Å². The molecule has 0 spiro atoms. The Hall–Kier alpha value is -2.70. The molecule has 0 unspecified atom stereocenters. The van der Waals surface area contributed by atoms with Gasteiger partial charge in [-0.3, -0.25) is 0 Å². The molecule has 1 heterocycles. The molecule has 0 fully saturated rings. The Morgan fingerprint density at radius 2 is 1.72 bits per heavy atom. The van der Waals surface area contributed by atoms with E-state index >= 15 is 0 Å². The molecule has 3 aromatic rings. The molecule has 0 atom stereocenters. The number of ether oxygens (including phenoxy) is 4. The van der Waals surface area contributed by atoms with Gasteiger partial charge in [0.05, 0.1) is 7.11 Å². The van der Waals surface area contributed by atoms with Gasteiger partial charge >= 0.3 is 0 Å². The lowest BCUT2D eigenvalue weighted by Gasteiger charge is -2.15. The maximum Gasteiger partial charge on any atom is 0.231 e. The molecule has 0 aromatic heterocycles. The molecule has 29 heavy (non-hydrogen) atoms. The Bertz CT molecular complexity index is 978. The van der Waals surface area contributed by atoms with Crippen molar-refractivity contribution in [2.24, 2.45) is 0 Å². The first-order chi connectivity index (χ1) is 14.2. The van der Waals surface area contributed by atoms with Crippen LogP contribution in [0.2, 0.25) is 0 Å². The molecular formula is C23H22BrNO4. The van der Waals surface area contributed by atoms with Crippen LogP contribution < -0.4 is 24.3 Å². The van der Waals surface area contributed by atoms with E-state index < -0.39 is 0 Å². The molecule has 5 nitrogen and oxygen atoms in total. The van der Waals surface area contributed by atoms with Crippen molar-refractivity contribution in [3.05, 3.63) is 81.8 Å². The second-order valence-corrected chi connectivity index (χ2v) is 7.51. The average Bonchev–Trinajstić information content (AvgIpc) is 3.22. The van der Waals surface area contributed by atoms with Gasteiger partial charge in [0.25, 0.3) is 0 Å². The van der Waals surface area contributed by atoms with Crippen LogP contribution >= 0.6 is 15.9 Å². The van der Waals surface area contributed by atoms with E-state index in [9.17, 15) is 0 Å². The van der Waals surface area contributed by atoms with E-state index in [-0.39, 0.29) is 6.79 Å². The summed E-state index contributed by atoms with van der Waals surface area (Å²) in [6.07, 6.45) is 0. The minimum atomic E-state index is 0.289. The highest BCUT2D eigenvalue weighted by Gasteiger charge is 2.14. The zero-order chi connectivity index (χ0) is 20.1. The van der Waals surface area contributed by atoms with Crippen LogP contribution in [0.1, 0.15) is 16.7 Å². The molecular weight excluding hydrogens is 434 g/mol. The number of rotatable bonds is 8. The quantitative estimate of drug-likeness (QED) is 0.514. The Balaban J connectivity index is 1.38. The van der Waals surface area contributed by atoms with E-state index in [0.29, 0.717) is 24.7 Å². The Kier molecular flexibility index (Phi) is 6.22. The largest absolute Gasteiger partial charge is 0.493 e. The summed E-state index contributed by atoms with van der Waals surface area (Å²) in [5, 5.41) is 3.46. The summed E-state index contributed by atoms with van der Waals surface area (Å²) >= 11 is 3.65. The number of fused-ring (bicyclic) bond motifs is 1. The van der Waals surface area contributed by atoms with Gasteiger partial charge in [0.15, 0.2) is 23.0 Å². The van der Waals surface area contributed by atoms with Gasteiger partial charge in [0, 0.05) is 17.6 Å². The van der Waals surface area contributed by atoms with Gasteiger partial charge in [-0.2, -0.15) is 0 Å². The average molecular weight is 456 g/mol. The third-order valence-corrected chi connectivity index (χ3v) is 5.39. The number of nitrogens with one attached hydrogen (secondary N) is 1. The van der Waals surface area contributed by atoms with Crippen molar-refractivity contribution in [3.63, 3.8) is 0 Å². The van der Waals surface area contributed by atoms with Crippen LogP contribution in [-0.4, -0.2) is 13.9 Å². The second-order valence-electron chi connectivity index (χ2n) is 6.66. The molecule has 0 saturated heterocycles. The van der Waals surface area contributed by atoms with Crippen molar-refractivity contribution in [2.45, 2.75) is 19.7 Å². The number of methoxy groups -OCH3 is 1. The van der Waals surface area contributed by atoms with Crippen molar-refractivity contribution in [1.29, 1.82) is 0 Å². The molecule has 1 aliphatic heterocycles. The smallest absolute Gasteiger partial charge is 0.231 e. The molecule has 6 heteroatoms. The van der Waals surface area contributed by atoms with Crippen LogP contribution in [0.4, 0.5) is 0 Å². The highest BCUT2D eigenvalue weighted by atomic mass is 79.9. The molecule has 150 valence electrons. The van der Waals surface area contributed by atoms with Crippen LogP contribution in [0.3, 0.4) is 0 Å². The standard InChI is InChI=1S/C23H22BrNO4/c1-26-21-10-18(13-25-12-17-7-8-20-22(9-17)29-15-28-20)19(24)11-23(21)27-14-16-5-3-2-4-6-16/h2-11,25H,12-15H2,1H3. The maximum atomic E-state index is 5.97. The SMILES string of the molecule is COc1cc(CNCc2ccc3c(c2)OCO3)c(Br)cc1OCc1ccccc1. The first-order valence-electron chi connectivity index (χ1n) is 9.35. The Morgan fingerprint density at radius 1 is 0.897 bits per heavy atom. The molecule has 0 aliphatic carbocycles. The van der Waals surface area contributed by atoms with E-state index in [4.69, 9.17) is 18.9 Å². The zero-order valence-electron chi connectivity index (χ0n) is 16.1. The van der Waals surface area contributed by atoms with Gasteiger partial charge in [-0.25, -0.2) is 0 Å². The minimum Gasteiger partial charge on any atom is -0.493 e. The van der Waals surface area contributed by atoms with E-state index in [0.717, 1.165) is 39.2 Å². The molecule has 3 aromatic carbocycles. The second kappa shape index (κ2) is 9.20. The van der Waals surface area contributed by atoms with E-state index in [1.165, 1.54) is 0 Å². The number of hydrogen-bond donors (Lipinski definition) is 1. The van der Waals surface area contributed by atoms with Gasteiger partial charge in [0.1, 0.15) is 6.61 Å². The predicted molar refractivity (Wildman–Crippen MR) is 115 cm³/mol. The third kappa shape index (κ3) is 4.83. The maximum absolute atomic E-state index is 5.97. The highest BCUT2D eigenvalue weighted by Crippen LogP contribution is 2.35. The molecule has 1 aliphatic rings. The fourth-order valence-corrected chi connectivity index (χ4v) is 3.58. The van der Waals surface area contributed by atoms with E-state index in [2.05, 4.69) is 21.2 Å². The van der Waals surface area contributed by atoms with Crippen molar-refractivity contribution < 1.29 is 18.9 Å². The first-order valence-corrected chi connectivity index (χ1v) is 10.1. The number of benzene rings is 3. The normalized spacial score (nSPS) is 12.1. The Labute approximate surface area is 178 Å². The van der Waals surface area contributed by atoms with E-state index in [1.807, 2.05) is 60.7 Å². The van der Waals surface area contributed by atoms with Crippen LogP contribution in [0.25, 0.3) is 0 Å². The van der Waals surface area contributed by atoms with Crippen LogP contribution in [0, 0.1) is 0 Å². The summed E-state index contributed by atoms with van der Waals surface area (Å²) in [5.74, 6) is 3.02. The summed E-state index contributed by atoms with van der Waals surface area (Å²) < 4.78 is 23.3. The number of halogens is 1. The minimum absolute atomic E-state index is 0.289. The first kappa shape index (κ1) is 19.6. The lowest BCUT2D eigenvalue weighted by atomic mass is 10.1. The molecule has 1 N–H and O–H groups in total. The topological polar surface area (TPSA) is 49.0 Å². The molecule has 0 saturated carbocycles. The molecule has 0 amide bonds. The van der Waals surface area contributed by atoms with Gasteiger partial charge in [-0.1, -0.05) is 52.3 Å².